The predicted molar refractivity (Wildman–Crippen MR) is 86.7 cm³/mol. The van der Waals surface area contributed by atoms with Gasteiger partial charge in [-0.15, -0.1) is 0 Å². The molecule has 0 spiro atoms. The van der Waals surface area contributed by atoms with Crippen LogP contribution >= 0.6 is 0 Å². The summed E-state index contributed by atoms with van der Waals surface area (Å²) in [7, 11) is 0. The molecule has 25 heavy (non-hydrogen) atoms. The Balaban J connectivity index is 1.69. The molecule has 0 fully saturated rings. The maximum absolute atomic E-state index is 12.1. The van der Waals surface area contributed by atoms with Gasteiger partial charge in [0.1, 0.15) is 6.26 Å². The second kappa shape index (κ2) is 6.75. The fourth-order valence-electron chi connectivity index (χ4n) is 2.04. The summed E-state index contributed by atoms with van der Waals surface area (Å²) >= 11 is 0. The van der Waals surface area contributed by atoms with E-state index >= 15 is 0 Å². The Labute approximate surface area is 141 Å². The number of anilines is 2. The molecule has 2 amide bonds. The molecule has 2 heterocycles. The first-order valence-electron chi connectivity index (χ1n) is 7.11. The fraction of sp³-hybridized carbons (Fsp3) is 0. The number of aromatic carboxylic acids is 1. The van der Waals surface area contributed by atoms with Crippen molar-refractivity contribution in [1.82, 2.24) is 0 Å². The van der Waals surface area contributed by atoms with Crippen LogP contribution in [0.1, 0.15) is 31.5 Å². The van der Waals surface area contributed by atoms with Crippen molar-refractivity contribution in [2.75, 3.05) is 10.6 Å². The maximum atomic E-state index is 12.1. The summed E-state index contributed by atoms with van der Waals surface area (Å²) in [5.74, 6) is -2.68. The lowest BCUT2D eigenvalue weighted by Crippen LogP contribution is -2.13. The fourth-order valence-corrected chi connectivity index (χ4v) is 2.04. The van der Waals surface area contributed by atoms with Crippen LogP contribution < -0.4 is 10.6 Å². The van der Waals surface area contributed by atoms with Crippen molar-refractivity contribution >= 4 is 29.2 Å². The van der Waals surface area contributed by atoms with Gasteiger partial charge in [-0.2, -0.15) is 0 Å². The third-order valence-electron chi connectivity index (χ3n) is 3.20. The van der Waals surface area contributed by atoms with Gasteiger partial charge in [-0.25, -0.2) is 4.79 Å². The van der Waals surface area contributed by atoms with Gasteiger partial charge >= 0.3 is 5.97 Å². The van der Waals surface area contributed by atoms with E-state index in [1.54, 1.807) is 24.3 Å². The normalized spacial score (nSPS) is 10.2. The van der Waals surface area contributed by atoms with Crippen LogP contribution in [0.2, 0.25) is 0 Å². The number of furan rings is 2. The molecule has 0 bridgehead atoms. The van der Waals surface area contributed by atoms with Crippen LogP contribution in [0.4, 0.5) is 11.4 Å². The number of carbonyl (C=O) groups excluding carboxylic acids is 2. The van der Waals surface area contributed by atoms with Crippen molar-refractivity contribution < 1.29 is 28.3 Å². The minimum absolute atomic E-state index is 0.134. The molecule has 0 aliphatic rings. The zero-order chi connectivity index (χ0) is 17.8. The van der Waals surface area contributed by atoms with Gasteiger partial charge in [0.25, 0.3) is 11.8 Å². The van der Waals surface area contributed by atoms with E-state index in [-0.39, 0.29) is 17.4 Å². The monoisotopic (exact) mass is 340 g/mol. The molecule has 0 atom stereocenters. The summed E-state index contributed by atoms with van der Waals surface area (Å²) < 4.78 is 9.78. The summed E-state index contributed by atoms with van der Waals surface area (Å²) in [6, 6.07) is 10.5. The average Bonchev–Trinajstić information content (AvgIpc) is 3.27. The number of hydrogen-bond acceptors (Lipinski definition) is 5. The van der Waals surface area contributed by atoms with Crippen LogP contribution in [-0.2, 0) is 0 Å². The number of carboxylic acids is 1. The second-order valence-electron chi connectivity index (χ2n) is 4.97. The van der Waals surface area contributed by atoms with E-state index in [0.29, 0.717) is 16.9 Å². The van der Waals surface area contributed by atoms with Crippen molar-refractivity contribution in [3.8, 4) is 0 Å². The van der Waals surface area contributed by atoms with E-state index in [1.807, 2.05) is 0 Å². The quantitative estimate of drug-likeness (QED) is 0.656. The van der Waals surface area contributed by atoms with Crippen LogP contribution in [0.5, 0.6) is 0 Å². The lowest BCUT2D eigenvalue weighted by molar-refractivity contribution is 0.0660. The van der Waals surface area contributed by atoms with Gasteiger partial charge in [-0.1, -0.05) is 6.07 Å². The first-order valence-corrected chi connectivity index (χ1v) is 7.11. The van der Waals surface area contributed by atoms with Crippen molar-refractivity contribution in [2.24, 2.45) is 0 Å². The Hall–Kier alpha value is -3.81. The molecule has 0 radical (unpaired) electrons. The molecular formula is C17H12N2O6. The summed E-state index contributed by atoms with van der Waals surface area (Å²) in [5.41, 5.74) is 1.24. The number of nitrogens with one attached hydrogen (secondary N) is 2. The highest BCUT2D eigenvalue weighted by molar-refractivity contribution is 6.05. The van der Waals surface area contributed by atoms with Gasteiger partial charge in [-0.05, 0) is 36.4 Å². The van der Waals surface area contributed by atoms with Crippen LogP contribution in [0.25, 0.3) is 0 Å². The minimum atomic E-state index is -1.26. The predicted octanol–water partition coefficient (Wildman–Crippen LogP) is 3.08. The Morgan fingerprint density at radius 2 is 1.56 bits per heavy atom. The van der Waals surface area contributed by atoms with E-state index in [0.717, 1.165) is 0 Å². The molecule has 3 N–H and O–H groups in total. The molecule has 8 nitrogen and oxygen atoms in total. The van der Waals surface area contributed by atoms with E-state index < -0.39 is 11.9 Å². The Morgan fingerprint density at radius 3 is 2.16 bits per heavy atom. The van der Waals surface area contributed by atoms with E-state index in [9.17, 15) is 14.4 Å². The van der Waals surface area contributed by atoms with Gasteiger partial charge in [0, 0.05) is 11.4 Å². The molecule has 126 valence electrons. The molecule has 3 rings (SSSR count). The molecule has 0 aliphatic heterocycles. The van der Waals surface area contributed by atoms with Gasteiger partial charge in [-0.3, -0.25) is 9.59 Å². The number of rotatable bonds is 5. The summed E-state index contributed by atoms with van der Waals surface area (Å²) in [5, 5.41) is 14.0. The van der Waals surface area contributed by atoms with Crippen LogP contribution in [0, 0.1) is 0 Å². The molecule has 3 aromatic rings. The lowest BCUT2D eigenvalue weighted by Gasteiger charge is -2.07. The number of amides is 2. The minimum Gasteiger partial charge on any atom is -0.475 e. The van der Waals surface area contributed by atoms with Gasteiger partial charge in [0.15, 0.2) is 5.76 Å². The zero-order valence-electron chi connectivity index (χ0n) is 12.7. The van der Waals surface area contributed by atoms with Crippen LogP contribution in [0.3, 0.4) is 0 Å². The molecule has 0 aliphatic carbocycles. The standard InChI is InChI=1S/C17H12N2O6/c20-15(10-6-7-24-9-10)18-11-2-1-3-12(8-11)19-16(21)13-4-5-14(25-13)17(22)23/h1-9H,(H,18,20)(H,19,21)(H,22,23). The number of carbonyl (C=O) groups is 3. The third kappa shape index (κ3) is 3.75. The summed E-state index contributed by atoms with van der Waals surface area (Å²) in [6.07, 6.45) is 2.71. The van der Waals surface area contributed by atoms with Gasteiger partial charge < -0.3 is 24.6 Å². The first kappa shape index (κ1) is 16.1. The molecule has 8 heteroatoms. The molecule has 0 unspecified atom stereocenters. The zero-order valence-corrected chi connectivity index (χ0v) is 12.7. The van der Waals surface area contributed by atoms with Crippen molar-refractivity contribution in [2.45, 2.75) is 0 Å². The molecule has 0 saturated heterocycles. The largest absolute Gasteiger partial charge is 0.475 e. The Bertz CT molecular complexity index is 926. The highest BCUT2D eigenvalue weighted by Crippen LogP contribution is 2.18. The molecule has 2 aromatic heterocycles. The highest BCUT2D eigenvalue weighted by atomic mass is 16.4. The smallest absolute Gasteiger partial charge is 0.371 e. The average molecular weight is 340 g/mol. The molecular weight excluding hydrogens is 328 g/mol. The number of carboxylic acid groups (broad SMARTS) is 1. The first-order chi connectivity index (χ1) is 12.0. The van der Waals surface area contributed by atoms with Crippen LogP contribution in [0.15, 0.2) is 63.8 Å². The Morgan fingerprint density at radius 1 is 0.880 bits per heavy atom. The topological polar surface area (TPSA) is 122 Å². The van der Waals surface area contributed by atoms with Crippen molar-refractivity contribution in [3.63, 3.8) is 0 Å². The van der Waals surface area contributed by atoms with E-state index in [2.05, 4.69) is 10.6 Å². The number of hydrogen-bond donors (Lipinski definition) is 3. The molecule has 0 saturated carbocycles. The van der Waals surface area contributed by atoms with Crippen LogP contribution in [-0.4, -0.2) is 22.9 Å². The summed E-state index contributed by atoms with van der Waals surface area (Å²) in [6.45, 7) is 0. The Kier molecular flexibility index (Phi) is 4.34. The van der Waals surface area contributed by atoms with E-state index in [1.165, 1.54) is 30.7 Å². The van der Waals surface area contributed by atoms with E-state index in [4.69, 9.17) is 13.9 Å². The number of benzene rings is 1. The molecule has 1 aromatic carbocycles. The van der Waals surface area contributed by atoms with Gasteiger partial charge in [0.2, 0.25) is 5.76 Å². The summed E-state index contributed by atoms with van der Waals surface area (Å²) in [4.78, 5) is 34.8. The lowest BCUT2D eigenvalue weighted by atomic mass is 10.2. The highest BCUT2D eigenvalue weighted by Gasteiger charge is 2.15. The SMILES string of the molecule is O=C(Nc1cccc(NC(=O)c2ccc(C(=O)O)o2)c1)c1ccoc1. The second-order valence-corrected chi connectivity index (χ2v) is 4.97. The van der Waals surface area contributed by atoms with Gasteiger partial charge in [0.05, 0.1) is 11.8 Å². The maximum Gasteiger partial charge on any atom is 0.371 e. The third-order valence-corrected chi connectivity index (χ3v) is 3.20. The van der Waals surface area contributed by atoms with Crippen molar-refractivity contribution in [1.29, 1.82) is 0 Å². The van der Waals surface area contributed by atoms with Crippen molar-refractivity contribution in [3.05, 3.63) is 72.1 Å².